The van der Waals surface area contributed by atoms with E-state index in [1.807, 2.05) is 6.92 Å². The van der Waals surface area contributed by atoms with Crippen LogP contribution < -0.4 is 0 Å². The number of aliphatic hydroxyl groups is 1. The predicted molar refractivity (Wildman–Crippen MR) is 44.5 cm³/mol. The molecule has 12 heavy (non-hydrogen) atoms. The molecule has 68 valence electrons. The molecule has 0 heterocycles. The molecule has 1 N–H and O–H groups in total. The number of aliphatic hydroxyl groups excluding tert-OH is 1. The van der Waals surface area contributed by atoms with Gasteiger partial charge in [-0.05, 0) is 19.8 Å². The second-order valence-corrected chi connectivity index (χ2v) is 3.37. The minimum Gasteiger partial charge on any atom is -0.468 e. The first kappa shape index (κ1) is 9.26. The lowest BCUT2D eigenvalue weighted by Crippen LogP contribution is -2.31. The Kier molecular flexibility index (Phi) is 2.52. The van der Waals surface area contributed by atoms with Crippen molar-refractivity contribution in [3.63, 3.8) is 0 Å². The average molecular weight is 170 g/mol. The van der Waals surface area contributed by atoms with Crippen LogP contribution in [0.1, 0.15) is 19.8 Å². The largest absolute Gasteiger partial charge is 0.468 e. The predicted octanol–water partition coefficient (Wildman–Crippen LogP) is 0.877. The van der Waals surface area contributed by atoms with Crippen LogP contribution in [0.25, 0.3) is 0 Å². The van der Waals surface area contributed by atoms with Crippen molar-refractivity contribution in [1.29, 1.82) is 0 Å². The number of carbonyl (C=O) groups excluding carboxylic acids is 1. The fourth-order valence-corrected chi connectivity index (χ4v) is 1.35. The Morgan fingerprint density at radius 3 is 2.83 bits per heavy atom. The van der Waals surface area contributed by atoms with Gasteiger partial charge in [0.25, 0.3) is 0 Å². The van der Waals surface area contributed by atoms with Gasteiger partial charge in [0.05, 0.1) is 18.6 Å². The van der Waals surface area contributed by atoms with E-state index in [0.717, 1.165) is 0 Å². The zero-order chi connectivity index (χ0) is 9.19. The van der Waals surface area contributed by atoms with Crippen molar-refractivity contribution < 1.29 is 14.6 Å². The van der Waals surface area contributed by atoms with E-state index >= 15 is 0 Å². The molecule has 0 aromatic rings. The van der Waals surface area contributed by atoms with Gasteiger partial charge in [0.2, 0.25) is 0 Å². The van der Waals surface area contributed by atoms with E-state index in [1.165, 1.54) is 7.11 Å². The third kappa shape index (κ3) is 1.67. The minimum absolute atomic E-state index is 0.231. The van der Waals surface area contributed by atoms with E-state index in [4.69, 9.17) is 5.11 Å². The molecule has 0 aromatic carbocycles. The summed E-state index contributed by atoms with van der Waals surface area (Å²) in [6, 6.07) is 0. The topological polar surface area (TPSA) is 46.5 Å². The zero-order valence-electron chi connectivity index (χ0n) is 7.41. The van der Waals surface area contributed by atoms with Crippen molar-refractivity contribution in [1.82, 2.24) is 0 Å². The SMILES string of the molecule is COC(=O)[C@]1(C)C=C[C@H](O)CC1. The van der Waals surface area contributed by atoms with Gasteiger partial charge in [0.1, 0.15) is 0 Å². The number of esters is 1. The second kappa shape index (κ2) is 3.27. The first-order chi connectivity index (χ1) is 5.58. The van der Waals surface area contributed by atoms with Crippen LogP contribution in [0.4, 0.5) is 0 Å². The summed E-state index contributed by atoms with van der Waals surface area (Å²) >= 11 is 0. The molecule has 3 heteroatoms. The Morgan fingerprint density at radius 1 is 1.75 bits per heavy atom. The van der Waals surface area contributed by atoms with Gasteiger partial charge in [-0.2, -0.15) is 0 Å². The van der Waals surface area contributed by atoms with E-state index in [1.54, 1.807) is 12.2 Å². The standard InChI is InChI=1S/C9H14O3/c1-9(8(11)12-2)5-3-7(10)4-6-9/h3,5,7,10H,4,6H2,1-2H3/t7-,9+/m0/s1. The number of rotatable bonds is 1. The average Bonchev–Trinajstić information content (AvgIpc) is 2.09. The van der Waals surface area contributed by atoms with Crippen LogP contribution in [0, 0.1) is 5.41 Å². The molecule has 1 aliphatic carbocycles. The fraction of sp³-hybridized carbons (Fsp3) is 0.667. The van der Waals surface area contributed by atoms with Crippen LogP contribution in [-0.4, -0.2) is 24.3 Å². The Labute approximate surface area is 72.0 Å². The highest BCUT2D eigenvalue weighted by molar-refractivity contribution is 5.78. The summed E-state index contributed by atoms with van der Waals surface area (Å²) < 4.78 is 4.66. The van der Waals surface area contributed by atoms with E-state index in [0.29, 0.717) is 12.8 Å². The molecule has 0 spiro atoms. The van der Waals surface area contributed by atoms with Crippen LogP contribution in [-0.2, 0) is 9.53 Å². The summed E-state index contributed by atoms with van der Waals surface area (Å²) in [5.41, 5.74) is -0.534. The summed E-state index contributed by atoms with van der Waals surface area (Å²) in [6.07, 6.45) is 4.26. The van der Waals surface area contributed by atoms with Gasteiger partial charge in [-0.1, -0.05) is 12.2 Å². The quantitative estimate of drug-likeness (QED) is 0.469. The van der Waals surface area contributed by atoms with Gasteiger partial charge < -0.3 is 9.84 Å². The third-order valence-electron chi connectivity index (χ3n) is 2.30. The van der Waals surface area contributed by atoms with Gasteiger partial charge in [-0.25, -0.2) is 0 Å². The van der Waals surface area contributed by atoms with Gasteiger partial charge in [-0.3, -0.25) is 4.79 Å². The lowest BCUT2D eigenvalue weighted by atomic mass is 9.80. The lowest BCUT2D eigenvalue weighted by Gasteiger charge is -2.27. The first-order valence-electron chi connectivity index (χ1n) is 4.04. The molecular weight excluding hydrogens is 156 g/mol. The number of hydrogen-bond acceptors (Lipinski definition) is 3. The van der Waals surface area contributed by atoms with Crippen molar-refractivity contribution in [2.45, 2.75) is 25.9 Å². The lowest BCUT2D eigenvalue weighted by molar-refractivity contribution is -0.149. The Bertz CT molecular complexity index is 210. The van der Waals surface area contributed by atoms with Crippen LogP contribution >= 0.6 is 0 Å². The van der Waals surface area contributed by atoms with Crippen LogP contribution in [0.2, 0.25) is 0 Å². The van der Waals surface area contributed by atoms with Crippen LogP contribution in [0.15, 0.2) is 12.2 Å². The maximum atomic E-state index is 11.2. The van der Waals surface area contributed by atoms with Crippen molar-refractivity contribution in [2.24, 2.45) is 5.41 Å². The fourth-order valence-electron chi connectivity index (χ4n) is 1.35. The smallest absolute Gasteiger partial charge is 0.315 e. The zero-order valence-corrected chi connectivity index (χ0v) is 7.41. The number of hydrogen-bond donors (Lipinski definition) is 1. The summed E-state index contributed by atoms with van der Waals surface area (Å²) in [5, 5.41) is 9.16. The monoisotopic (exact) mass is 170 g/mol. The third-order valence-corrected chi connectivity index (χ3v) is 2.30. The molecule has 1 rings (SSSR count). The molecule has 0 fully saturated rings. The van der Waals surface area contributed by atoms with E-state index in [-0.39, 0.29) is 5.97 Å². The molecule has 0 unspecified atom stereocenters. The Hall–Kier alpha value is -0.830. The number of ether oxygens (including phenoxy) is 1. The van der Waals surface area contributed by atoms with Gasteiger partial charge in [0, 0.05) is 0 Å². The molecule has 0 bridgehead atoms. The molecule has 0 aromatic heterocycles. The van der Waals surface area contributed by atoms with Crippen molar-refractivity contribution in [3.05, 3.63) is 12.2 Å². The molecule has 3 nitrogen and oxygen atoms in total. The summed E-state index contributed by atoms with van der Waals surface area (Å²) in [6.45, 7) is 1.82. The van der Waals surface area contributed by atoms with Crippen molar-refractivity contribution >= 4 is 5.97 Å². The highest BCUT2D eigenvalue weighted by Crippen LogP contribution is 2.31. The van der Waals surface area contributed by atoms with Gasteiger partial charge >= 0.3 is 5.97 Å². The van der Waals surface area contributed by atoms with E-state index in [2.05, 4.69) is 4.74 Å². The minimum atomic E-state index is -0.534. The highest BCUT2D eigenvalue weighted by atomic mass is 16.5. The molecule has 0 saturated heterocycles. The van der Waals surface area contributed by atoms with E-state index in [9.17, 15) is 4.79 Å². The Balaban J connectivity index is 2.73. The Morgan fingerprint density at radius 2 is 2.42 bits per heavy atom. The maximum absolute atomic E-state index is 11.2. The molecule has 1 aliphatic rings. The second-order valence-electron chi connectivity index (χ2n) is 3.37. The first-order valence-corrected chi connectivity index (χ1v) is 4.04. The number of methoxy groups -OCH3 is 1. The molecular formula is C9H14O3. The molecule has 0 amide bonds. The van der Waals surface area contributed by atoms with Crippen LogP contribution in [0.5, 0.6) is 0 Å². The summed E-state index contributed by atoms with van der Waals surface area (Å²) in [4.78, 5) is 11.2. The molecule has 0 saturated carbocycles. The summed E-state index contributed by atoms with van der Waals surface area (Å²) in [7, 11) is 1.38. The van der Waals surface area contributed by atoms with Gasteiger partial charge in [-0.15, -0.1) is 0 Å². The van der Waals surface area contributed by atoms with Crippen molar-refractivity contribution in [2.75, 3.05) is 7.11 Å². The number of carbonyl (C=O) groups is 1. The van der Waals surface area contributed by atoms with Crippen LogP contribution in [0.3, 0.4) is 0 Å². The van der Waals surface area contributed by atoms with Crippen molar-refractivity contribution in [3.8, 4) is 0 Å². The normalized spacial score (nSPS) is 34.8. The molecule has 0 radical (unpaired) electrons. The summed E-state index contributed by atoms with van der Waals surface area (Å²) in [5.74, 6) is -0.231. The molecule has 2 atom stereocenters. The van der Waals surface area contributed by atoms with Gasteiger partial charge in [0.15, 0.2) is 0 Å². The van der Waals surface area contributed by atoms with E-state index < -0.39 is 11.5 Å². The highest BCUT2D eigenvalue weighted by Gasteiger charge is 2.34. The maximum Gasteiger partial charge on any atom is 0.315 e. The molecule has 0 aliphatic heterocycles.